The molecule has 0 aliphatic carbocycles. The van der Waals surface area contributed by atoms with Gasteiger partial charge >= 0.3 is 5.97 Å². The van der Waals surface area contributed by atoms with Crippen molar-refractivity contribution in [3.05, 3.63) is 0 Å². The van der Waals surface area contributed by atoms with E-state index in [4.69, 9.17) is 0 Å². The van der Waals surface area contributed by atoms with Crippen LogP contribution >= 0.6 is 0 Å². The van der Waals surface area contributed by atoms with E-state index < -0.39 is 6.04 Å². The van der Waals surface area contributed by atoms with Crippen LogP contribution in [0.5, 0.6) is 0 Å². The van der Waals surface area contributed by atoms with E-state index in [1.165, 1.54) is 7.11 Å². The topological polar surface area (TPSA) is 49.9 Å². The van der Waals surface area contributed by atoms with Gasteiger partial charge in [0.15, 0.2) is 0 Å². The number of carbonyl (C=O) groups excluding carboxylic acids is 2. The van der Waals surface area contributed by atoms with Gasteiger partial charge in [0.25, 0.3) is 0 Å². The highest BCUT2D eigenvalue weighted by Gasteiger charge is 2.39. The predicted octanol–water partition coefficient (Wildman–Crippen LogP) is 0.491. The lowest BCUT2D eigenvalue weighted by molar-refractivity contribution is -0.152. The lowest BCUT2D eigenvalue weighted by atomic mass is 9.98. The second kappa shape index (κ2) is 5.04. The molecule has 1 unspecified atom stereocenters. The first-order chi connectivity index (χ1) is 7.77. The molecule has 1 heterocycles. The average molecular weight is 242 g/mol. The van der Waals surface area contributed by atoms with Crippen molar-refractivity contribution in [2.24, 2.45) is 0 Å². The number of likely N-dealkylation sites (N-methyl/N-ethyl adjacent to an activating group) is 1. The molecule has 0 radical (unpaired) electrons. The van der Waals surface area contributed by atoms with Crippen LogP contribution in [-0.4, -0.2) is 60.5 Å². The highest BCUT2D eigenvalue weighted by molar-refractivity contribution is 5.87. The van der Waals surface area contributed by atoms with E-state index in [1.54, 1.807) is 11.9 Å². The lowest BCUT2D eigenvalue weighted by Crippen LogP contribution is -2.61. The smallest absolute Gasteiger partial charge is 0.307 e. The molecular weight excluding hydrogens is 220 g/mol. The summed E-state index contributed by atoms with van der Waals surface area (Å²) >= 11 is 0. The van der Waals surface area contributed by atoms with E-state index in [9.17, 15) is 9.59 Å². The first-order valence-electron chi connectivity index (χ1n) is 5.86. The number of carbonyl (C=O) groups is 2. The fraction of sp³-hybridized carbons (Fsp3) is 0.833. The normalized spacial score (nSPS) is 22.8. The van der Waals surface area contributed by atoms with Crippen molar-refractivity contribution in [1.29, 1.82) is 0 Å². The number of hydrogen-bond acceptors (Lipinski definition) is 4. The van der Waals surface area contributed by atoms with E-state index in [2.05, 4.69) is 30.4 Å². The van der Waals surface area contributed by atoms with Crippen LogP contribution in [0.15, 0.2) is 0 Å². The Bertz CT molecular complexity index is 309. The van der Waals surface area contributed by atoms with Crippen molar-refractivity contribution in [3.63, 3.8) is 0 Å². The summed E-state index contributed by atoms with van der Waals surface area (Å²) in [6, 6.07) is -0.402. The van der Waals surface area contributed by atoms with Crippen LogP contribution in [0, 0.1) is 0 Å². The highest BCUT2D eigenvalue weighted by Crippen LogP contribution is 2.23. The quantitative estimate of drug-likeness (QED) is 0.661. The molecule has 1 amide bonds. The van der Waals surface area contributed by atoms with Crippen LogP contribution in [0.4, 0.5) is 0 Å². The van der Waals surface area contributed by atoms with Gasteiger partial charge in [-0.1, -0.05) is 0 Å². The fourth-order valence-electron chi connectivity index (χ4n) is 2.15. The van der Waals surface area contributed by atoms with Crippen molar-refractivity contribution in [2.45, 2.75) is 38.8 Å². The molecule has 1 atom stereocenters. The Balaban J connectivity index is 2.88. The van der Waals surface area contributed by atoms with E-state index in [0.717, 1.165) is 6.54 Å². The highest BCUT2D eigenvalue weighted by atomic mass is 16.5. The number of nitrogens with zero attached hydrogens (tertiary/aromatic N) is 2. The number of rotatable bonds is 2. The summed E-state index contributed by atoms with van der Waals surface area (Å²) in [5.74, 6) is -0.343. The van der Waals surface area contributed by atoms with Crippen molar-refractivity contribution in [3.8, 4) is 0 Å². The molecule has 5 nitrogen and oxygen atoms in total. The Morgan fingerprint density at radius 2 is 2.00 bits per heavy atom. The maximum Gasteiger partial charge on any atom is 0.307 e. The molecule has 1 rings (SSSR count). The van der Waals surface area contributed by atoms with Crippen LogP contribution in [0.1, 0.15) is 27.2 Å². The molecule has 0 bridgehead atoms. The fourth-order valence-corrected chi connectivity index (χ4v) is 2.15. The zero-order chi connectivity index (χ0) is 13.2. The standard InChI is InChI=1S/C12H22N2O3/c1-12(2,3)14-7-6-13(4)11(16)9(14)8-10(15)17-5/h9H,6-8H2,1-5H3. The zero-order valence-corrected chi connectivity index (χ0v) is 11.3. The summed E-state index contributed by atoms with van der Waals surface area (Å²) in [6.07, 6.45) is 0.122. The van der Waals surface area contributed by atoms with Crippen molar-refractivity contribution in [2.75, 3.05) is 27.2 Å². The molecule has 1 aliphatic rings. The molecule has 98 valence electrons. The SMILES string of the molecule is COC(=O)CC1C(=O)N(C)CCN1C(C)(C)C. The van der Waals surface area contributed by atoms with E-state index >= 15 is 0 Å². The first kappa shape index (κ1) is 14.0. The summed E-state index contributed by atoms with van der Waals surface area (Å²) in [6.45, 7) is 7.64. The van der Waals surface area contributed by atoms with Gasteiger partial charge < -0.3 is 9.64 Å². The summed E-state index contributed by atoms with van der Waals surface area (Å²) in [7, 11) is 3.12. The van der Waals surface area contributed by atoms with Gasteiger partial charge in [0, 0.05) is 25.7 Å². The number of esters is 1. The molecule has 0 aromatic carbocycles. The number of ether oxygens (including phenoxy) is 1. The van der Waals surface area contributed by atoms with Crippen LogP contribution in [0.25, 0.3) is 0 Å². The second-order valence-electron chi connectivity index (χ2n) is 5.42. The summed E-state index contributed by atoms with van der Waals surface area (Å²) in [5, 5.41) is 0. The van der Waals surface area contributed by atoms with Crippen LogP contribution < -0.4 is 0 Å². The number of piperazine rings is 1. The Labute approximate surface area is 103 Å². The van der Waals surface area contributed by atoms with Gasteiger partial charge in [0.2, 0.25) is 5.91 Å². The number of methoxy groups -OCH3 is 1. The van der Waals surface area contributed by atoms with Gasteiger partial charge in [-0.15, -0.1) is 0 Å². The largest absolute Gasteiger partial charge is 0.469 e. The molecule has 1 fully saturated rings. The third kappa shape index (κ3) is 3.19. The van der Waals surface area contributed by atoms with Gasteiger partial charge in [0.05, 0.1) is 13.5 Å². The molecule has 0 aromatic heterocycles. The second-order valence-corrected chi connectivity index (χ2v) is 5.42. The van der Waals surface area contributed by atoms with Crippen LogP contribution in [-0.2, 0) is 14.3 Å². The summed E-state index contributed by atoms with van der Waals surface area (Å²) in [5.41, 5.74) is -0.129. The number of hydrogen-bond donors (Lipinski definition) is 0. The van der Waals surface area contributed by atoms with E-state index in [1.807, 2.05) is 0 Å². The Kier molecular flexibility index (Phi) is 4.14. The number of amides is 1. The Morgan fingerprint density at radius 3 is 2.47 bits per heavy atom. The monoisotopic (exact) mass is 242 g/mol. The molecule has 17 heavy (non-hydrogen) atoms. The average Bonchev–Trinajstić information content (AvgIpc) is 2.22. The Hall–Kier alpha value is -1.10. The van der Waals surface area contributed by atoms with Gasteiger partial charge in [-0.05, 0) is 20.8 Å². The molecule has 1 aliphatic heterocycles. The van der Waals surface area contributed by atoms with Gasteiger partial charge in [-0.2, -0.15) is 0 Å². The predicted molar refractivity (Wildman–Crippen MR) is 64.5 cm³/mol. The summed E-state index contributed by atoms with van der Waals surface area (Å²) < 4.78 is 4.66. The van der Waals surface area contributed by atoms with Crippen LogP contribution in [0.2, 0.25) is 0 Å². The van der Waals surface area contributed by atoms with Crippen molar-refractivity contribution >= 4 is 11.9 Å². The molecule has 1 saturated heterocycles. The van der Waals surface area contributed by atoms with Gasteiger partial charge in [0.1, 0.15) is 6.04 Å². The molecule has 5 heteroatoms. The molecule has 0 spiro atoms. The molecule has 0 aromatic rings. The molecular formula is C12H22N2O3. The van der Waals surface area contributed by atoms with Crippen LogP contribution in [0.3, 0.4) is 0 Å². The Morgan fingerprint density at radius 1 is 1.41 bits per heavy atom. The minimum Gasteiger partial charge on any atom is -0.469 e. The maximum absolute atomic E-state index is 12.1. The molecule has 0 saturated carbocycles. The zero-order valence-electron chi connectivity index (χ0n) is 11.3. The lowest BCUT2D eigenvalue weighted by Gasteiger charge is -2.45. The van der Waals surface area contributed by atoms with E-state index in [0.29, 0.717) is 6.54 Å². The third-order valence-corrected chi connectivity index (χ3v) is 3.16. The van der Waals surface area contributed by atoms with Gasteiger partial charge in [-0.25, -0.2) is 0 Å². The minimum atomic E-state index is -0.402. The first-order valence-corrected chi connectivity index (χ1v) is 5.86. The van der Waals surface area contributed by atoms with Crippen molar-refractivity contribution < 1.29 is 14.3 Å². The maximum atomic E-state index is 12.1. The molecule has 0 N–H and O–H groups in total. The van der Waals surface area contributed by atoms with Crippen molar-refractivity contribution in [1.82, 2.24) is 9.80 Å². The summed E-state index contributed by atoms with van der Waals surface area (Å²) in [4.78, 5) is 27.2. The minimum absolute atomic E-state index is 0.00317. The van der Waals surface area contributed by atoms with E-state index in [-0.39, 0.29) is 23.8 Å². The van der Waals surface area contributed by atoms with Gasteiger partial charge in [-0.3, -0.25) is 14.5 Å². The third-order valence-electron chi connectivity index (χ3n) is 3.16.